The molecule has 0 radical (unpaired) electrons. The molecule has 2 heteroatoms. The summed E-state index contributed by atoms with van der Waals surface area (Å²) in [5, 5.41) is 0. The molecule has 1 aromatic carbocycles. The van der Waals surface area contributed by atoms with Gasteiger partial charge in [-0.05, 0) is 0 Å². The molecule has 1 rings (SSSR count). The van der Waals surface area contributed by atoms with E-state index >= 15 is 0 Å². The normalized spacial score (nSPS) is 8.53. The highest BCUT2D eigenvalue weighted by Gasteiger charge is 2.08. The summed E-state index contributed by atoms with van der Waals surface area (Å²) in [6.07, 6.45) is 7.80. The number of terminal acetylenes is 1. The Bertz CT molecular complexity index is 510. The van der Waals surface area contributed by atoms with Gasteiger partial charge in [-0.1, -0.05) is 23.8 Å². The summed E-state index contributed by atoms with van der Waals surface area (Å²) in [7, 11) is 3.15. The molecule has 1 aromatic rings. The van der Waals surface area contributed by atoms with E-state index in [0.717, 1.165) is 5.56 Å². The van der Waals surface area contributed by atoms with Crippen LogP contribution in [0.4, 0.5) is 0 Å². The fourth-order valence-corrected chi connectivity index (χ4v) is 1.32. The molecule has 0 aliphatic carbocycles. The van der Waals surface area contributed by atoms with E-state index in [0.29, 0.717) is 23.5 Å². The van der Waals surface area contributed by atoms with Crippen LogP contribution in [0, 0.1) is 24.2 Å². The molecule has 0 bridgehead atoms. The van der Waals surface area contributed by atoms with E-state index in [9.17, 15) is 0 Å². The molecular formula is C15H14O2. The van der Waals surface area contributed by atoms with Crippen LogP contribution in [-0.4, -0.2) is 14.2 Å². The van der Waals surface area contributed by atoms with Crippen molar-refractivity contribution >= 4 is 0 Å². The number of benzene rings is 1. The fraction of sp³-hybridized carbons (Fsp3) is 0.200. The van der Waals surface area contributed by atoms with Crippen LogP contribution in [-0.2, 0) is 0 Å². The number of hydrogen-bond acceptors (Lipinski definition) is 2. The maximum absolute atomic E-state index is 5.44. The van der Waals surface area contributed by atoms with Crippen LogP contribution in [0.2, 0.25) is 0 Å². The fourth-order valence-electron chi connectivity index (χ4n) is 1.32. The van der Waals surface area contributed by atoms with Gasteiger partial charge >= 0.3 is 0 Å². The van der Waals surface area contributed by atoms with Crippen LogP contribution >= 0.6 is 0 Å². The Labute approximate surface area is 102 Å². The first-order valence-corrected chi connectivity index (χ1v) is 5.09. The van der Waals surface area contributed by atoms with E-state index in [4.69, 9.17) is 15.9 Å². The molecule has 0 saturated heterocycles. The molecule has 0 atom stereocenters. The number of methoxy groups -OCH3 is 2. The molecule has 2 nitrogen and oxygen atoms in total. The summed E-state index contributed by atoms with van der Waals surface area (Å²) in [6.45, 7) is 3.61. The molecule has 0 amide bonds. The summed E-state index contributed by atoms with van der Waals surface area (Å²) < 4.78 is 10.4. The van der Waals surface area contributed by atoms with E-state index < -0.39 is 0 Å². The van der Waals surface area contributed by atoms with Crippen molar-refractivity contribution in [3.05, 3.63) is 35.9 Å². The smallest absolute Gasteiger partial charge is 0.162 e. The topological polar surface area (TPSA) is 18.5 Å². The van der Waals surface area contributed by atoms with Crippen molar-refractivity contribution in [2.75, 3.05) is 14.2 Å². The highest BCUT2D eigenvalue weighted by Crippen LogP contribution is 2.29. The predicted molar refractivity (Wildman–Crippen MR) is 69.2 cm³/mol. The zero-order chi connectivity index (χ0) is 12.7. The number of ether oxygens (including phenoxy) is 2. The third kappa shape index (κ3) is 3.06. The molecule has 0 aromatic heterocycles. The van der Waals surface area contributed by atoms with E-state index in [-0.39, 0.29) is 0 Å². The van der Waals surface area contributed by atoms with E-state index in [1.807, 2.05) is 0 Å². The van der Waals surface area contributed by atoms with Crippen LogP contribution in [0.15, 0.2) is 24.8 Å². The third-order valence-electron chi connectivity index (χ3n) is 2.15. The monoisotopic (exact) mass is 226 g/mol. The third-order valence-corrected chi connectivity index (χ3v) is 2.15. The quantitative estimate of drug-likeness (QED) is 0.582. The van der Waals surface area contributed by atoms with Crippen molar-refractivity contribution in [1.29, 1.82) is 0 Å². The van der Waals surface area contributed by atoms with Crippen molar-refractivity contribution in [1.82, 2.24) is 0 Å². The van der Waals surface area contributed by atoms with Gasteiger partial charge in [-0.3, -0.25) is 0 Å². The first-order chi connectivity index (χ1) is 8.26. The van der Waals surface area contributed by atoms with Gasteiger partial charge in [0.25, 0.3) is 0 Å². The Balaban J connectivity index is 3.26. The predicted octanol–water partition coefficient (Wildman–Crippen LogP) is 2.61. The average Bonchev–Trinajstić information content (AvgIpc) is 2.38. The summed E-state index contributed by atoms with van der Waals surface area (Å²) >= 11 is 0. The first kappa shape index (κ1) is 12.7. The standard InChI is InChI=1S/C15H14O2/c1-5-7-8-9-13-11-15(17-4)14(16-3)10-12(13)6-2/h2,5,10-11H,1,7H2,3-4H3. The molecule has 86 valence electrons. The van der Waals surface area contributed by atoms with Crippen LogP contribution in [0.1, 0.15) is 17.5 Å². The Morgan fingerprint density at radius 2 is 1.82 bits per heavy atom. The molecule has 17 heavy (non-hydrogen) atoms. The zero-order valence-electron chi connectivity index (χ0n) is 10.0. The Hall–Kier alpha value is -2.32. The van der Waals surface area contributed by atoms with Gasteiger partial charge < -0.3 is 9.47 Å². The van der Waals surface area contributed by atoms with E-state index in [2.05, 4.69) is 24.3 Å². The first-order valence-electron chi connectivity index (χ1n) is 5.09. The van der Waals surface area contributed by atoms with Crippen molar-refractivity contribution in [2.24, 2.45) is 0 Å². The lowest BCUT2D eigenvalue weighted by molar-refractivity contribution is 0.355. The van der Waals surface area contributed by atoms with E-state index in [1.165, 1.54) is 0 Å². The number of hydrogen-bond donors (Lipinski definition) is 0. The minimum absolute atomic E-state index is 0.606. The van der Waals surface area contributed by atoms with Gasteiger partial charge in [-0.2, -0.15) is 0 Å². The maximum atomic E-state index is 5.44. The molecule has 0 spiro atoms. The van der Waals surface area contributed by atoms with Crippen LogP contribution in [0.5, 0.6) is 11.5 Å². The Morgan fingerprint density at radius 3 is 2.29 bits per heavy atom. The maximum Gasteiger partial charge on any atom is 0.162 e. The Morgan fingerprint density at radius 1 is 1.24 bits per heavy atom. The van der Waals surface area contributed by atoms with Crippen molar-refractivity contribution in [3.8, 4) is 35.7 Å². The molecular weight excluding hydrogens is 212 g/mol. The molecule has 0 aliphatic rings. The lowest BCUT2D eigenvalue weighted by Gasteiger charge is -2.09. The lowest BCUT2D eigenvalue weighted by atomic mass is 10.1. The lowest BCUT2D eigenvalue weighted by Crippen LogP contribution is -1.94. The van der Waals surface area contributed by atoms with Crippen LogP contribution < -0.4 is 9.47 Å². The SMILES string of the molecule is C#Cc1cc(OC)c(OC)cc1C#CCC=C. The Kier molecular flexibility index (Phi) is 4.73. The molecule has 0 N–H and O–H groups in total. The number of allylic oxidation sites excluding steroid dienone is 1. The molecule has 0 aliphatic heterocycles. The van der Waals surface area contributed by atoms with Crippen molar-refractivity contribution in [2.45, 2.75) is 6.42 Å². The van der Waals surface area contributed by atoms with Gasteiger partial charge in [0.15, 0.2) is 11.5 Å². The summed E-state index contributed by atoms with van der Waals surface area (Å²) in [5.41, 5.74) is 1.45. The highest BCUT2D eigenvalue weighted by molar-refractivity contribution is 5.58. The molecule has 0 saturated carbocycles. The highest BCUT2D eigenvalue weighted by atomic mass is 16.5. The molecule has 0 fully saturated rings. The van der Waals surface area contributed by atoms with Gasteiger partial charge in [-0.25, -0.2) is 0 Å². The zero-order valence-corrected chi connectivity index (χ0v) is 10.0. The van der Waals surface area contributed by atoms with Gasteiger partial charge in [0.05, 0.1) is 14.2 Å². The molecule has 0 unspecified atom stereocenters. The van der Waals surface area contributed by atoms with E-state index in [1.54, 1.807) is 32.4 Å². The van der Waals surface area contributed by atoms with Crippen molar-refractivity contribution < 1.29 is 9.47 Å². The average molecular weight is 226 g/mol. The van der Waals surface area contributed by atoms with Gasteiger partial charge in [0.2, 0.25) is 0 Å². The largest absolute Gasteiger partial charge is 0.493 e. The molecule has 0 heterocycles. The second kappa shape index (κ2) is 6.30. The van der Waals surface area contributed by atoms with Crippen LogP contribution in [0.3, 0.4) is 0 Å². The van der Waals surface area contributed by atoms with Gasteiger partial charge in [-0.15, -0.1) is 13.0 Å². The minimum atomic E-state index is 0.606. The second-order valence-electron chi connectivity index (χ2n) is 3.19. The summed E-state index contributed by atoms with van der Waals surface area (Å²) in [4.78, 5) is 0. The van der Waals surface area contributed by atoms with Crippen LogP contribution in [0.25, 0.3) is 0 Å². The number of rotatable bonds is 3. The minimum Gasteiger partial charge on any atom is -0.493 e. The summed E-state index contributed by atoms with van der Waals surface area (Å²) in [5.74, 6) is 9.76. The van der Waals surface area contributed by atoms with Gasteiger partial charge in [0, 0.05) is 29.7 Å². The second-order valence-corrected chi connectivity index (χ2v) is 3.19. The van der Waals surface area contributed by atoms with Gasteiger partial charge in [0.1, 0.15) is 0 Å². The van der Waals surface area contributed by atoms with Crippen molar-refractivity contribution in [3.63, 3.8) is 0 Å². The summed E-state index contributed by atoms with van der Waals surface area (Å²) in [6, 6.07) is 3.53.